The SMILES string of the molecule is CC(O)CCNC(=O)C1CCC(N)C(C)C1(C)C. The van der Waals surface area contributed by atoms with Crippen molar-refractivity contribution in [1.29, 1.82) is 0 Å². The third-order valence-corrected chi connectivity index (χ3v) is 4.68. The Bertz CT molecular complexity index is 290. The molecule has 4 N–H and O–H groups in total. The highest BCUT2D eigenvalue weighted by Gasteiger charge is 2.44. The third kappa shape index (κ3) is 3.45. The number of aliphatic hydroxyl groups excluding tert-OH is 1. The van der Waals surface area contributed by atoms with Crippen LogP contribution in [0.3, 0.4) is 0 Å². The number of amides is 1. The first-order chi connectivity index (χ1) is 8.26. The van der Waals surface area contributed by atoms with E-state index in [1.165, 1.54) is 0 Å². The Kier molecular flexibility index (Phi) is 5.17. The molecular weight excluding hydrogens is 228 g/mol. The Balaban J connectivity index is 2.57. The zero-order valence-corrected chi connectivity index (χ0v) is 12.1. The largest absolute Gasteiger partial charge is 0.393 e. The molecule has 0 bridgehead atoms. The van der Waals surface area contributed by atoms with Crippen LogP contribution in [0.2, 0.25) is 0 Å². The normalized spacial score (nSPS) is 32.9. The van der Waals surface area contributed by atoms with Gasteiger partial charge in [-0.05, 0) is 37.5 Å². The van der Waals surface area contributed by atoms with Crippen molar-refractivity contribution in [2.75, 3.05) is 6.54 Å². The minimum absolute atomic E-state index is 0.0290. The molecule has 1 saturated carbocycles. The maximum absolute atomic E-state index is 12.2. The zero-order valence-electron chi connectivity index (χ0n) is 12.1. The molecule has 0 aromatic heterocycles. The molecule has 1 fully saturated rings. The van der Waals surface area contributed by atoms with Crippen LogP contribution < -0.4 is 11.1 Å². The van der Waals surface area contributed by atoms with Gasteiger partial charge in [0.05, 0.1) is 6.10 Å². The van der Waals surface area contributed by atoms with E-state index < -0.39 is 0 Å². The Hall–Kier alpha value is -0.610. The third-order valence-electron chi connectivity index (χ3n) is 4.68. The van der Waals surface area contributed by atoms with Crippen LogP contribution in [0.4, 0.5) is 0 Å². The average Bonchev–Trinajstić information content (AvgIpc) is 2.25. The van der Waals surface area contributed by atoms with E-state index in [1.807, 2.05) is 0 Å². The number of rotatable bonds is 4. The van der Waals surface area contributed by atoms with Gasteiger partial charge in [0.15, 0.2) is 0 Å². The van der Waals surface area contributed by atoms with Gasteiger partial charge in [0.2, 0.25) is 5.91 Å². The van der Waals surface area contributed by atoms with Gasteiger partial charge < -0.3 is 16.2 Å². The zero-order chi connectivity index (χ0) is 13.9. The first-order valence-electron chi connectivity index (χ1n) is 6.98. The number of hydrogen-bond acceptors (Lipinski definition) is 3. The molecule has 0 saturated heterocycles. The van der Waals surface area contributed by atoms with Gasteiger partial charge in [-0.1, -0.05) is 20.8 Å². The molecule has 0 aromatic carbocycles. The van der Waals surface area contributed by atoms with Crippen LogP contribution in [0, 0.1) is 17.3 Å². The second-order valence-corrected chi connectivity index (χ2v) is 6.33. The van der Waals surface area contributed by atoms with Crippen molar-refractivity contribution in [3.63, 3.8) is 0 Å². The summed E-state index contributed by atoms with van der Waals surface area (Å²) in [6.07, 6.45) is 2.02. The fraction of sp³-hybridized carbons (Fsp3) is 0.929. The van der Waals surface area contributed by atoms with Gasteiger partial charge in [-0.25, -0.2) is 0 Å². The number of nitrogens with two attached hydrogens (primary N) is 1. The summed E-state index contributed by atoms with van der Waals surface area (Å²) in [4.78, 5) is 12.2. The van der Waals surface area contributed by atoms with E-state index in [0.29, 0.717) is 18.9 Å². The first-order valence-corrected chi connectivity index (χ1v) is 6.98. The minimum atomic E-state index is -0.364. The van der Waals surface area contributed by atoms with Crippen LogP contribution in [0.25, 0.3) is 0 Å². The topological polar surface area (TPSA) is 75.3 Å². The quantitative estimate of drug-likeness (QED) is 0.709. The molecular formula is C14H28N2O2. The van der Waals surface area contributed by atoms with E-state index >= 15 is 0 Å². The summed E-state index contributed by atoms with van der Waals surface area (Å²) >= 11 is 0. The summed E-state index contributed by atoms with van der Waals surface area (Å²) in [7, 11) is 0. The number of carbonyl (C=O) groups is 1. The Morgan fingerprint density at radius 3 is 2.67 bits per heavy atom. The van der Waals surface area contributed by atoms with Gasteiger partial charge in [-0.3, -0.25) is 4.79 Å². The lowest BCUT2D eigenvalue weighted by molar-refractivity contribution is -0.132. The highest BCUT2D eigenvalue weighted by atomic mass is 16.3. The summed E-state index contributed by atoms with van der Waals surface area (Å²) in [5.41, 5.74) is 6.03. The predicted molar refractivity (Wildman–Crippen MR) is 73.0 cm³/mol. The molecule has 4 heteroatoms. The van der Waals surface area contributed by atoms with E-state index in [-0.39, 0.29) is 29.4 Å². The second-order valence-electron chi connectivity index (χ2n) is 6.33. The number of hydrogen-bond donors (Lipinski definition) is 3. The van der Waals surface area contributed by atoms with Gasteiger partial charge in [-0.15, -0.1) is 0 Å². The van der Waals surface area contributed by atoms with Crippen molar-refractivity contribution < 1.29 is 9.90 Å². The molecule has 106 valence electrons. The van der Waals surface area contributed by atoms with E-state index in [0.717, 1.165) is 12.8 Å². The Morgan fingerprint density at radius 2 is 2.11 bits per heavy atom. The fourth-order valence-corrected chi connectivity index (χ4v) is 2.85. The van der Waals surface area contributed by atoms with E-state index in [2.05, 4.69) is 26.1 Å². The van der Waals surface area contributed by atoms with Crippen LogP contribution in [-0.2, 0) is 4.79 Å². The van der Waals surface area contributed by atoms with Gasteiger partial charge in [-0.2, -0.15) is 0 Å². The molecule has 1 aliphatic rings. The summed E-state index contributed by atoms with van der Waals surface area (Å²) in [6.45, 7) is 8.69. The molecule has 4 unspecified atom stereocenters. The summed E-state index contributed by atoms with van der Waals surface area (Å²) in [5.74, 6) is 0.486. The van der Waals surface area contributed by atoms with Crippen LogP contribution in [-0.4, -0.2) is 29.7 Å². The van der Waals surface area contributed by atoms with Crippen molar-refractivity contribution in [2.45, 2.75) is 59.1 Å². The van der Waals surface area contributed by atoms with Crippen molar-refractivity contribution in [2.24, 2.45) is 23.0 Å². The van der Waals surface area contributed by atoms with Crippen molar-refractivity contribution in [1.82, 2.24) is 5.32 Å². The average molecular weight is 256 g/mol. The van der Waals surface area contributed by atoms with Crippen molar-refractivity contribution in [3.8, 4) is 0 Å². The first kappa shape index (κ1) is 15.4. The molecule has 4 nitrogen and oxygen atoms in total. The summed E-state index contributed by atoms with van der Waals surface area (Å²) in [5, 5.41) is 12.1. The van der Waals surface area contributed by atoms with Crippen LogP contribution in [0.15, 0.2) is 0 Å². The number of aliphatic hydroxyl groups is 1. The molecule has 0 radical (unpaired) electrons. The Morgan fingerprint density at radius 1 is 1.50 bits per heavy atom. The molecule has 0 heterocycles. The van der Waals surface area contributed by atoms with E-state index in [1.54, 1.807) is 6.92 Å². The van der Waals surface area contributed by atoms with Crippen LogP contribution in [0.1, 0.15) is 47.0 Å². The molecule has 0 aliphatic heterocycles. The van der Waals surface area contributed by atoms with Gasteiger partial charge >= 0.3 is 0 Å². The smallest absolute Gasteiger partial charge is 0.223 e. The molecule has 1 amide bonds. The van der Waals surface area contributed by atoms with Gasteiger partial charge in [0.1, 0.15) is 0 Å². The Labute approximate surface area is 110 Å². The van der Waals surface area contributed by atoms with E-state index in [4.69, 9.17) is 5.73 Å². The van der Waals surface area contributed by atoms with Gasteiger partial charge in [0, 0.05) is 18.5 Å². The van der Waals surface area contributed by atoms with Crippen molar-refractivity contribution in [3.05, 3.63) is 0 Å². The predicted octanol–water partition coefficient (Wildman–Crippen LogP) is 1.27. The molecule has 18 heavy (non-hydrogen) atoms. The molecule has 1 rings (SSSR count). The number of nitrogens with one attached hydrogen (secondary N) is 1. The maximum atomic E-state index is 12.2. The monoisotopic (exact) mass is 256 g/mol. The van der Waals surface area contributed by atoms with Crippen molar-refractivity contribution >= 4 is 5.91 Å². The fourth-order valence-electron chi connectivity index (χ4n) is 2.85. The highest BCUT2D eigenvalue weighted by molar-refractivity contribution is 5.79. The molecule has 0 aromatic rings. The number of carbonyl (C=O) groups excluding carboxylic acids is 1. The van der Waals surface area contributed by atoms with E-state index in [9.17, 15) is 9.90 Å². The molecule has 0 spiro atoms. The molecule has 4 atom stereocenters. The second kappa shape index (κ2) is 6.02. The van der Waals surface area contributed by atoms with Crippen LogP contribution in [0.5, 0.6) is 0 Å². The minimum Gasteiger partial charge on any atom is -0.393 e. The van der Waals surface area contributed by atoms with Gasteiger partial charge in [0.25, 0.3) is 0 Å². The lowest BCUT2D eigenvalue weighted by Gasteiger charge is -2.46. The lowest BCUT2D eigenvalue weighted by atomic mass is 9.61. The highest BCUT2D eigenvalue weighted by Crippen LogP contribution is 2.44. The maximum Gasteiger partial charge on any atom is 0.223 e. The summed E-state index contributed by atoms with van der Waals surface area (Å²) < 4.78 is 0. The molecule has 1 aliphatic carbocycles. The summed E-state index contributed by atoms with van der Waals surface area (Å²) in [6, 6.07) is 0.196. The lowest BCUT2D eigenvalue weighted by Crippen LogP contribution is -2.51. The standard InChI is InChI=1S/C14H28N2O2/c1-9(17)7-8-16-13(18)11-5-6-12(15)10(2)14(11,3)4/h9-12,17H,5-8,15H2,1-4H3,(H,16,18). The van der Waals surface area contributed by atoms with Crippen LogP contribution >= 0.6 is 0 Å².